The Hall–Kier alpha value is -3.72. The van der Waals surface area contributed by atoms with Crippen molar-refractivity contribution in [2.75, 3.05) is 31.6 Å². The lowest BCUT2D eigenvalue weighted by Crippen LogP contribution is -2.48. The Morgan fingerprint density at radius 2 is 1.54 bits per heavy atom. The number of rotatable bonds is 8. The number of hydrogen-bond acceptors (Lipinski definition) is 6. The summed E-state index contributed by atoms with van der Waals surface area (Å²) in [5.74, 6) is 3.05. The lowest BCUT2D eigenvalue weighted by molar-refractivity contribution is -0.184. The van der Waals surface area contributed by atoms with Crippen molar-refractivity contribution in [3.63, 3.8) is 0 Å². The third-order valence-electron chi connectivity index (χ3n) is 6.36. The highest BCUT2D eigenvalue weighted by atomic mass is 19.4. The summed E-state index contributed by atoms with van der Waals surface area (Å²) in [5, 5.41) is 23.8. The maximum absolute atomic E-state index is 12.8. The molecule has 0 spiro atoms. The third-order valence-corrected chi connectivity index (χ3v) is 6.36. The average Bonchev–Trinajstić information content (AvgIpc) is 2.90. The summed E-state index contributed by atoms with van der Waals surface area (Å²) in [7, 11) is 0. The van der Waals surface area contributed by atoms with Crippen molar-refractivity contribution in [3.05, 3.63) is 65.2 Å². The maximum atomic E-state index is 12.8. The van der Waals surface area contributed by atoms with Gasteiger partial charge in [0.15, 0.2) is 5.78 Å². The minimum atomic E-state index is -4.19. The standard InChI is InChI=1S/C28H30F3N3O5/c1-18(36)26(24(37)17-35)33-27(39)21-8-4-19(5-9-21)2-3-20-6-10-23(11-7-20)32-25(38)16-34-14-12-22(13-15-34)28(29,30)31/h4-11,18,22,26,35-36H,12-17H2,1H3,(H,32,38)(H,33,39)/t18-,26+/m1/s1. The monoisotopic (exact) mass is 545 g/mol. The summed E-state index contributed by atoms with van der Waals surface area (Å²) in [5.41, 5.74) is 2.09. The molecule has 3 rings (SSSR count). The number of hydrogen-bond donors (Lipinski definition) is 4. The van der Waals surface area contributed by atoms with Crippen LogP contribution >= 0.6 is 0 Å². The summed E-state index contributed by atoms with van der Waals surface area (Å²) < 4.78 is 38.4. The van der Waals surface area contributed by atoms with Crippen molar-refractivity contribution in [2.24, 2.45) is 5.92 Å². The van der Waals surface area contributed by atoms with Crippen molar-refractivity contribution in [1.82, 2.24) is 10.2 Å². The van der Waals surface area contributed by atoms with Gasteiger partial charge in [-0.05, 0) is 81.4 Å². The van der Waals surface area contributed by atoms with Gasteiger partial charge in [0.05, 0.1) is 18.6 Å². The zero-order valence-electron chi connectivity index (χ0n) is 21.3. The molecule has 0 radical (unpaired) electrons. The average molecular weight is 546 g/mol. The smallest absolute Gasteiger partial charge is 0.391 e. The number of carbonyl (C=O) groups excluding carboxylic acids is 3. The van der Waals surface area contributed by atoms with E-state index in [-0.39, 0.29) is 43.9 Å². The van der Waals surface area contributed by atoms with Crippen LogP contribution in [0.5, 0.6) is 0 Å². The van der Waals surface area contributed by atoms with Crippen LogP contribution in [0.2, 0.25) is 0 Å². The predicted octanol–water partition coefficient (Wildman–Crippen LogP) is 2.34. The second-order valence-electron chi connectivity index (χ2n) is 9.36. The fraction of sp³-hybridized carbons (Fsp3) is 0.393. The Balaban J connectivity index is 1.50. The fourth-order valence-electron chi connectivity index (χ4n) is 4.10. The van der Waals surface area contributed by atoms with E-state index < -0.39 is 42.5 Å². The number of amides is 2. The van der Waals surface area contributed by atoms with Crippen LogP contribution < -0.4 is 10.6 Å². The van der Waals surface area contributed by atoms with Gasteiger partial charge in [-0.1, -0.05) is 11.8 Å². The Kier molecular flexibility index (Phi) is 10.2. The summed E-state index contributed by atoms with van der Waals surface area (Å²) in [4.78, 5) is 38.1. The van der Waals surface area contributed by atoms with E-state index >= 15 is 0 Å². The largest absolute Gasteiger partial charge is 0.391 e. The fourth-order valence-corrected chi connectivity index (χ4v) is 4.10. The number of anilines is 1. The van der Waals surface area contributed by atoms with Gasteiger partial charge < -0.3 is 20.8 Å². The van der Waals surface area contributed by atoms with Crippen LogP contribution in [0, 0.1) is 17.8 Å². The molecule has 1 fully saturated rings. The Bertz CT molecular complexity index is 1210. The number of benzene rings is 2. The highest BCUT2D eigenvalue weighted by Gasteiger charge is 2.41. The number of halogens is 3. The molecule has 0 bridgehead atoms. The summed E-state index contributed by atoms with van der Waals surface area (Å²) in [6.45, 7) is 1.02. The Morgan fingerprint density at radius 3 is 2.03 bits per heavy atom. The molecule has 2 amide bonds. The van der Waals surface area contributed by atoms with Crippen LogP contribution in [0.25, 0.3) is 0 Å². The number of aliphatic hydroxyl groups is 2. The van der Waals surface area contributed by atoms with Crippen LogP contribution in [0.1, 0.15) is 41.3 Å². The zero-order chi connectivity index (χ0) is 28.6. The van der Waals surface area contributed by atoms with Crippen LogP contribution in [0.15, 0.2) is 48.5 Å². The Morgan fingerprint density at radius 1 is 1.00 bits per heavy atom. The van der Waals surface area contributed by atoms with Crippen molar-refractivity contribution in [2.45, 2.75) is 38.1 Å². The van der Waals surface area contributed by atoms with E-state index in [4.69, 9.17) is 5.11 Å². The van der Waals surface area contributed by atoms with E-state index in [9.17, 15) is 32.7 Å². The molecule has 8 nitrogen and oxygen atoms in total. The van der Waals surface area contributed by atoms with Crippen LogP contribution in [0.4, 0.5) is 18.9 Å². The molecule has 2 aromatic rings. The van der Waals surface area contributed by atoms with Crippen LogP contribution in [0.3, 0.4) is 0 Å². The molecule has 1 aliphatic heterocycles. The van der Waals surface area contributed by atoms with Gasteiger partial charge in [-0.2, -0.15) is 13.2 Å². The molecule has 0 aromatic heterocycles. The van der Waals surface area contributed by atoms with Crippen LogP contribution in [-0.2, 0) is 9.59 Å². The third kappa shape index (κ3) is 8.92. The van der Waals surface area contributed by atoms with Gasteiger partial charge in [-0.3, -0.25) is 19.3 Å². The zero-order valence-corrected chi connectivity index (χ0v) is 21.3. The summed E-state index contributed by atoms with van der Waals surface area (Å²) >= 11 is 0. The molecule has 39 heavy (non-hydrogen) atoms. The van der Waals surface area contributed by atoms with Crippen molar-refractivity contribution >= 4 is 23.3 Å². The van der Waals surface area contributed by atoms with Gasteiger partial charge in [0, 0.05) is 22.4 Å². The first-order valence-corrected chi connectivity index (χ1v) is 12.4. The molecule has 1 heterocycles. The van der Waals surface area contributed by atoms with E-state index in [2.05, 4.69) is 22.5 Å². The highest BCUT2D eigenvalue weighted by molar-refractivity contribution is 5.98. The molecule has 0 aliphatic carbocycles. The molecule has 0 unspecified atom stereocenters. The molecule has 2 aromatic carbocycles. The molecule has 0 saturated carbocycles. The second kappa shape index (κ2) is 13.4. The Labute approximate surface area is 224 Å². The SMILES string of the molecule is C[C@@H](O)[C@H](NC(=O)c1ccc(C#Cc2ccc(NC(=O)CN3CCC(C(F)(F)F)CC3)cc2)cc1)C(=O)CO. The summed E-state index contributed by atoms with van der Waals surface area (Å²) in [6, 6.07) is 11.9. The number of likely N-dealkylation sites (tertiary alicyclic amines) is 1. The second-order valence-corrected chi connectivity index (χ2v) is 9.36. The normalized spacial score (nSPS) is 15.9. The first kappa shape index (κ1) is 29.8. The minimum Gasteiger partial charge on any atom is -0.391 e. The first-order chi connectivity index (χ1) is 18.5. The molecule has 208 valence electrons. The lowest BCUT2D eigenvalue weighted by atomic mass is 9.96. The minimum absolute atomic E-state index is 0.00480. The van der Waals surface area contributed by atoms with Crippen LogP contribution in [-0.4, -0.2) is 77.3 Å². The van der Waals surface area contributed by atoms with Crippen molar-refractivity contribution in [3.8, 4) is 11.8 Å². The number of alkyl halides is 3. The number of ketones is 1. The number of Topliss-reactive ketones (excluding diaryl/α,β-unsaturated/α-hetero) is 1. The number of piperidine rings is 1. The van der Waals surface area contributed by atoms with E-state index in [1.54, 1.807) is 41.3 Å². The van der Waals surface area contributed by atoms with Gasteiger partial charge in [0.2, 0.25) is 5.91 Å². The number of nitrogens with zero attached hydrogens (tertiary/aromatic N) is 1. The topological polar surface area (TPSA) is 119 Å². The van der Waals surface area contributed by atoms with E-state index in [0.29, 0.717) is 16.8 Å². The van der Waals surface area contributed by atoms with Gasteiger partial charge in [0.1, 0.15) is 12.6 Å². The quantitative estimate of drug-likeness (QED) is 0.378. The predicted molar refractivity (Wildman–Crippen MR) is 138 cm³/mol. The number of aliphatic hydroxyl groups excluding tert-OH is 2. The summed E-state index contributed by atoms with van der Waals surface area (Å²) in [6.07, 6.45) is -5.36. The van der Waals surface area contributed by atoms with Gasteiger partial charge in [-0.25, -0.2) is 0 Å². The molecule has 4 N–H and O–H groups in total. The van der Waals surface area contributed by atoms with Crippen molar-refractivity contribution in [1.29, 1.82) is 0 Å². The van der Waals surface area contributed by atoms with Crippen molar-refractivity contribution < 1.29 is 37.8 Å². The molecule has 2 atom stereocenters. The maximum Gasteiger partial charge on any atom is 0.391 e. The lowest BCUT2D eigenvalue weighted by Gasteiger charge is -2.32. The molecule has 11 heteroatoms. The van der Waals surface area contributed by atoms with E-state index in [0.717, 1.165) is 0 Å². The van der Waals surface area contributed by atoms with Gasteiger partial charge in [0.25, 0.3) is 5.91 Å². The highest BCUT2D eigenvalue weighted by Crippen LogP contribution is 2.34. The number of carbonyl (C=O) groups is 3. The molecular weight excluding hydrogens is 515 g/mol. The molecule has 1 aliphatic rings. The van der Waals surface area contributed by atoms with E-state index in [1.165, 1.54) is 19.1 Å². The van der Waals surface area contributed by atoms with E-state index in [1.807, 2.05) is 0 Å². The molecular formula is C28H30F3N3O5. The molecule has 1 saturated heterocycles. The van der Waals surface area contributed by atoms with Gasteiger partial charge in [-0.15, -0.1) is 0 Å². The van der Waals surface area contributed by atoms with Gasteiger partial charge >= 0.3 is 6.18 Å². The number of nitrogens with one attached hydrogen (secondary N) is 2. The first-order valence-electron chi connectivity index (χ1n) is 12.4.